The van der Waals surface area contributed by atoms with Gasteiger partial charge in [0.1, 0.15) is 6.10 Å². The van der Waals surface area contributed by atoms with Crippen LogP contribution in [0.4, 0.5) is 5.95 Å². The molecule has 2 N–H and O–H groups in total. The van der Waals surface area contributed by atoms with Gasteiger partial charge in [-0.2, -0.15) is 19.6 Å². The molecule has 1 saturated heterocycles. The number of fused-ring (bicyclic) bond motifs is 1. The molecule has 27 heavy (non-hydrogen) atoms. The summed E-state index contributed by atoms with van der Waals surface area (Å²) >= 11 is 0. The van der Waals surface area contributed by atoms with Crippen molar-refractivity contribution in [2.75, 3.05) is 18.4 Å². The standard InChI is InChI=1S/C20H25N6O/c1-14(2)17-13-23-26-18(17)24-20(27-16-9-6-10-21-12-16)25-19(26)22-11-15-7-4-3-5-8-15/h3-5,7,13-14,16,21H,6,9-12H2,1-2H3,(H,22,24,25). The number of nitrogens with zero attached hydrogens (tertiary/aromatic N) is 4. The number of rotatable bonds is 6. The summed E-state index contributed by atoms with van der Waals surface area (Å²) in [5.74, 6) is 0.944. The third-order valence-electron chi connectivity index (χ3n) is 4.73. The molecule has 0 bridgehead atoms. The number of aromatic nitrogens is 4. The molecule has 1 atom stereocenters. The van der Waals surface area contributed by atoms with Crippen LogP contribution >= 0.6 is 0 Å². The van der Waals surface area contributed by atoms with E-state index in [4.69, 9.17) is 4.74 Å². The van der Waals surface area contributed by atoms with E-state index in [9.17, 15) is 0 Å². The van der Waals surface area contributed by atoms with Crippen LogP contribution in [0.15, 0.2) is 30.5 Å². The van der Waals surface area contributed by atoms with Gasteiger partial charge in [-0.15, -0.1) is 0 Å². The van der Waals surface area contributed by atoms with E-state index < -0.39 is 0 Å². The van der Waals surface area contributed by atoms with E-state index in [2.05, 4.69) is 45.6 Å². The first-order chi connectivity index (χ1) is 13.2. The number of benzene rings is 1. The van der Waals surface area contributed by atoms with E-state index in [1.165, 1.54) is 0 Å². The zero-order valence-corrected chi connectivity index (χ0v) is 15.8. The average molecular weight is 365 g/mol. The van der Waals surface area contributed by atoms with Gasteiger partial charge in [-0.05, 0) is 36.9 Å². The molecule has 1 aliphatic heterocycles. The molecule has 0 saturated carbocycles. The molecule has 1 fully saturated rings. The second-order valence-corrected chi connectivity index (χ2v) is 7.15. The SMILES string of the molecule is CC(C)c1cnn2c(NCc3[c]cccc3)nc(OC3CCCNC3)nc12. The maximum absolute atomic E-state index is 6.09. The zero-order valence-electron chi connectivity index (χ0n) is 15.8. The molecular formula is C20H25N6O. The van der Waals surface area contributed by atoms with Crippen LogP contribution in [0.5, 0.6) is 6.01 Å². The van der Waals surface area contributed by atoms with E-state index in [-0.39, 0.29) is 6.10 Å². The van der Waals surface area contributed by atoms with Crippen molar-refractivity contribution < 1.29 is 4.74 Å². The summed E-state index contributed by atoms with van der Waals surface area (Å²) in [6, 6.07) is 11.5. The second kappa shape index (κ2) is 7.92. The number of piperidine rings is 1. The fraction of sp³-hybridized carbons (Fsp3) is 0.450. The molecule has 1 unspecified atom stereocenters. The number of ether oxygens (including phenoxy) is 1. The minimum atomic E-state index is 0.0990. The highest BCUT2D eigenvalue weighted by Crippen LogP contribution is 2.23. The van der Waals surface area contributed by atoms with E-state index in [0.29, 0.717) is 24.4 Å². The molecule has 0 spiro atoms. The van der Waals surface area contributed by atoms with Crippen LogP contribution in [0.2, 0.25) is 0 Å². The van der Waals surface area contributed by atoms with Gasteiger partial charge in [-0.25, -0.2) is 0 Å². The summed E-state index contributed by atoms with van der Waals surface area (Å²) in [5.41, 5.74) is 2.93. The number of hydrogen-bond acceptors (Lipinski definition) is 6. The Morgan fingerprint density at radius 2 is 2.30 bits per heavy atom. The van der Waals surface area contributed by atoms with Gasteiger partial charge in [-0.1, -0.05) is 38.1 Å². The first-order valence-electron chi connectivity index (χ1n) is 9.53. The average Bonchev–Trinajstić information content (AvgIpc) is 3.12. The quantitative estimate of drug-likeness (QED) is 0.700. The Hall–Kier alpha value is -2.67. The Bertz CT molecular complexity index is 886. The third kappa shape index (κ3) is 4.03. The molecule has 0 aliphatic carbocycles. The van der Waals surface area contributed by atoms with Crippen LogP contribution < -0.4 is 15.4 Å². The minimum absolute atomic E-state index is 0.0990. The maximum atomic E-state index is 6.09. The maximum Gasteiger partial charge on any atom is 0.322 e. The zero-order chi connectivity index (χ0) is 18.6. The van der Waals surface area contributed by atoms with E-state index in [0.717, 1.165) is 42.7 Å². The van der Waals surface area contributed by atoms with Crippen LogP contribution in [0, 0.1) is 6.07 Å². The normalized spacial score (nSPS) is 17.4. The Balaban J connectivity index is 1.64. The first-order valence-corrected chi connectivity index (χ1v) is 9.53. The van der Waals surface area contributed by atoms with Gasteiger partial charge in [0.05, 0.1) is 6.20 Å². The molecule has 7 nitrogen and oxygen atoms in total. The molecule has 4 rings (SSSR count). The van der Waals surface area contributed by atoms with Crippen LogP contribution in [0.25, 0.3) is 5.65 Å². The summed E-state index contributed by atoms with van der Waals surface area (Å²) in [4.78, 5) is 9.25. The Morgan fingerprint density at radius 1 is 1.37 bits per heavy atom. The first kappa shape index (κ1) is 17.7. The lowest BCUT2D eigenvalue weighted by atomic mass is 10.1. The lowest BCUT2D eigenvalue weighted by Gasteiger charge is -2.23. The topological polar surface area (TPSA) is 76.4 Å². The summed E-state index contributed by atoms with van der Waals surface area (Å²) in [5, 5.41) is 11.2. The molecule has 3 aromatic rings. The van der Waals surface area contributed by atoms with Crippen molar-refractivity contribution >= 4 is 11.6 Å². The van der Waals surface area contributed by atoms with Crippen LogP contribution in [0.3, 0.4) is 0 Å². The molecule has 2 aromatic heterocycles. The highest BCUT2D eigenvalue weighted by molar-refractivity contribution is 5.53. The highest BCUT2D eigenvalue weighted by Gasteiger charge is 2.19. The van der Waals surface area contributed by atoms with E-state index >= 15 is 0 Å². The number of nitrogens with one attached hydrogen (secondary N) is 2. The van der Waals surface area contributed by atoms with Crippen molar-refractivity contribution in [1.82, 2.24) is 24.9 Å². The van der Waals surface area contributed by atoms with Gasteiger partial charge in [-0.3, -0.25) is 0 Å². The van der Waals surface area contributed by atoms with Crippen LogP contribution in [0.1, 0.15) is 43.7 Å². The van der Waals surface area contributed by atoms with Crippen molar-refractivity contribution in [3.05, 3.63) is 47.7 Å². The minimum Gasteiger partial charge on any atom is -0.459 e. The van der Waals surface area contributed by atoms with Crippen molar-refractivity contribution in [3.63, 3.8) is 0 Å². The molecule has 1 aliphatic rings. The predicted molar refractivity (Wildman–Crippen MR) is 104 cm³/mol. The molecule has 0 amide bonds. The number of anilines is 1. The predicted octanol–water partition coefficient (Wildman–Crippen LogP) is 2.79. The van der Waals surface area contributed by atoms with Gasteiger partial charge in [0.15, 0.2) is 5.65 Å². The smallest absolute Gasteiger partial charge is 0.322 e. The van der Waals surface area contributed by atoms with E-state index in [1.807, 2.05) is 30.5 Å². The lowest BCUT2D eigenvalue weighted by molar-refractivity contribution is 0.153. The van der Waals surface area contributed by atoms with Crippen LogP contribution in [-0.4, -0.2) is 38.8 Å². The molecule has 141 valence electrons. The fourth-order valence-corrected chi connectivity index (χ4v) is 3.23. The Kier molecular flexibility index (Phi) is 5.20. The Labute approximate surface area is 159 Å². The largest absolute Gasteiger partial charge is 0.459 e. The van der Waals surface area contributed by atoms with Gasteiger partial charge in [0, 0.05) is 18.7 Å². The summed E-state index contributed by atoms with van der Waals surface area (Å²) < 4.78 is 7.84. The molecule has 7 heteroatoms. The fourth-order valence-electron chi connectivity index (χ4n) is 3.23. The Morgan fingerprint density at radius 3 is 3.04 bits per heavy atom. The molecule has 1 radical (unpaired) electrons. The number of hydrogen-bond donors (Lipinski definition) is 2. The van der Waals surface area contributed by atoms with Gasteiger partial charge < -0.3 is 15.4 Å². The van der Waals surface area contributed by atoms with Crippen molar-refractivity contribution in [2.24, 2.45) is 0 Å². The van der Waals surface area contributed by atoms with E-state index in [1.54, 1.807) is 4.52 Å². The van der Waals surface area contributed by atoms with Gasteiger partial charge in [0.2, 0.25) is 5.95 Å². The molecule has 1 aromatic carbocycles. The monoisotopic (exact) mass is 365 g/mol. The summed E-state index contributed by atoms with van der Waals surface area (Å²) in [6.45, 7) is 6.74. The van der Waals surface area contributed by atoms with Crippen molar-refractivity contribution in [2.45, 2.75) is 45.3 Å². The van der Waals surface area contributed by atoms with Crippen molar-refractivity contribution in [1.29, 1.82) is 0 Å². The van der Waals surface area contributed by atoms with Gasteiger partial charge >= 0.3 is 6.01 Å². The van der Waals surface area contributed by atoms with Crippen LogP contribution in [-0.2, 0) is 6.54 Å². The third-order valence-corrected chi connectivity index (χ3v) is 4.73. The summed E-state index contributed by atoms with van der Waals surface area (Å²) in [7, 11) is 0. The summed E-state index contributed by atoms with van der Waals surface area (Å²) in [6.07, 6.45) is 4.08. The second-order valence-electron chi connectivity index (χ2n) is 7.15. The molecule has 3 heterocycles. The molecular weight excluding hydrogens is 340 g/mol. The van der Waals surface area contributed by atoms with Gasteiger partial charge in [0.25, 0.3) is 0 Å². The highest BCUT2D eigenvalue weighted by atomic mass is 16.5. The van der Waals surface area contributed by atoms with Crippen molar-refractivity contribution in [3.8, 4) is 6.01 Å². The lowest BCUT2D eigenvalue weighted by Crippen LogP contribution is -2.37.